The Hall–Kier alpha value is -1.80. The maximum absolute atomic E-state index is 6.25. The summed E-state index contributed by atoms with van der Waals surface area (Å²) in [5.41, 5.74) is 0. The third-order valence-electron chi connectivity index (χ3n) is 0. The van der Waals surface area contributed by atoms with Gasteiger partial charge in [0.2, 0.25) is 0 Å². The molecule has 0 fully saturated rings. The van der Waals surface area contributed by atoms with Crippen LogP contribution in [0.15, 0.2) is 0 Å². The molecule has 0 heterocycles. The summed E-state index contributed by atoms with van der Waals surface area (Å²) in [6.45, 7) is 28.5. The van der Waals surface area contributed by atoms with Gasteiger partial charge in [0.25, 0.3) is 0 Å². The summed E-state index contributed by atoms with van der Waals surface area (Å²) in [4.78, 5) is 0. The minimum atomic E-state index is 0. The fourth-order valence-electron chi connectivity index (χ4n) is 0. The maximum Gasteiger partial charge on any atom is 4.00 e. The summed E-state index contributed by atoms with van der Waals surface area (Å²) in [6, 6.07) is 0. The number of rotatable bonds is 0. The SMILES string of the molecule is [C-]#N.[C-]#N.[C-]#N.[C-]#N.[C-]#N.[C-]#N.[Cu+2].[Fe+2].[Si+4]. The molecule has 0 saturated heterocycles. The van der Waals surface area contributed by atoms with E-state index in [1.807, 2.05) is 0 Å². The summed E-state index contributed by atoms with van der Waals surface area (Å²) in [6.07, 6.45) is 0. The van der Waals surface area contributed by atoms with E-state index >= 15 is 0 Å². The Bertz CT molecular complexity index is 103. The molecule has 0 rings (SSSR count). The second kappa shape index (κ2) is 470. The Balaban J connectivity index is -0.00000000396. The predicted octanol–water partition coefficient (Wildman–Crippen LogP) is 0.192. The summed E-state index contributed by atoms with van der Waals surface area (Å²) in [5, 5.41) is 37.5. The first-order valence-corrected chi connectivity index (χ1v) is 1.34. The molecule has 0 bridgehead atoms. The van der Waals surface area contributed by atoms with Gasteiger partial charge >= 0.3 is 45.1 Å². The van der Waals surface area contributed by atoms with Gasteiger partial charge in [0.05, 0.1) is 0 Å². The summed E-state index contributed by atoms with van der Waals surface area (Å²) >= 11 is 0. The molecule has 0 aliphatic rings. The van der Waals surface area contributed by atoms with Gasteiger partial charge in [-0.2, -0.15) is 0 Å². The molecular formula is C6CuFeN6Si+2. The molecule has 0 spiro atoms. The molecule has 0 aromatic heterocycles. The topological polar surface area (TPSA) is 143 Å². The summed E-state index contributed by atoms with van der Waals surface area (Å²) in [7, 11) is 0. The van der Waals surface area contributed by atoms with E-state index in [1.165, 1.54) is 0 Å². The molecule has 0 saturated carbocycles. The molecule has 0 N–H and O–H groups in total. The van der Waals surface area contributed by atoms with Crippen LogP contribution in [0.1, 0.15) is 0 Å². The molecule has 6 nitrogen and oxygen atoms in total. The second-order valence-corrected chi connectivity index (χ2v) is 0. The van der Waals surface area contributed by atoms with Gasteiger partial charge in [-0.25, -0.2) is 0 Å². The maximum atomic E-state index is 6.25. The van der Waals surface area contributed by atoms with Gasteiger partial charge < -0.3 is 71.0 Å². The first-order chi connectivity index (χ1) is 6.00. The fraction of sp³-hybridized carbons (Fsp3) is 0. The third-order valence-corrected chi connectivity index (χ3v) is 0. The van der Waals surface area contributed by atoms with Gasteiger partial charge in [-0.1, -0.05) is 0 Å². The van der Waals surface area contributed by atoms with Crippen molar-refractivity contribution in [1.29, 1.82) is 31.6 Å². The van der Waals surface area contributed by atoms with Crippen LogP contribution in [0.2, 0.25) is 0 Å². The average Bonchev–Trinajstić information content (AvgIpc) is 2.33. The molecule has 0 aliphatic carbocycles. The van der Waals surface area contributed by atoms with Gasteiger partial charge in [-0.3, -0.25) is 0 Å². The van der Waals surface area contributed by atoms with Gasteiger partial charge in [0.1, 0.15) is 0 Å². The monoisotopic (exact) mass is 303 g/mol. The van der Waals surface area contributed by atoms with Gasteiger partial charge in [-0.15, -0.1) is 0 Å². The first kappa shape index (κ1) is 111. The first-order valence-electron chi connectivity index (χ1n) is 1.34. The van der Waals surface area contributed by atoms with Crippen LogP contribution in [-0.2, 0) is 34.1 Å². The van der Waals surface area contributed by atoms with Gasteiger partial charge in [-0.05, 0) is 0 Å². The van der Waals surface area contributed by atoms with Crippen molar-refractivity contribution in [2.45, 2.75) is 0 Å². The van der Waals surface area contributed by atoms with Crippen molar-refractivity contribution in [2.24, 2.45) is 0 Å². The van der Waals surface area contributed by atoms with E-state index in [0.29, 0.717) is 0 Å². The molecule has 0 aliphatic heterocycles. The van der Waals surface area contributed by atoms with E-state index in [2.05, 4.69) is 0 Å². The molecule has 1 radical (unpaired) electrons. The van der Waals surface area contributed by atoms with E-state index in [4.69, 9.17) is 71.0 Å². The Morgan fingerprint density at radius 2 is 0.400 bits per heavy atom. The summed E-state index contributed by atoms with van der Waals surface area (Å²) < 4.78 is 0. The van der Waals surface area contributed by atoms with Crippen LogP contribution in [0.5, 0.6) is 0 Å². The molecule has 15 heavy (non-hydrogen) atoms. The van der Waals surface area contributed by atoms with Crippen molar-refractivity contribution in [3.63, 3.8) is 0 Å². The molecule has 75 valence electrons. The predicted molar refractivity (Wildman–Crippen MR) is 35.6 cm³/mol. The Morgan fingerprint density at radius 1 is 0.400 bits per heavy atom. The van der Waals surface area contributed by atoms with E-state index in [-0.39, 0.29) is 45.1 Å². The summed E-state index contributed by atoms with van der Waals surface area (Å²) in [5.74, 6) is 0. The van der Waals surface area contributed by atoms with E-state index in [0.717, 1.165) is 0 Å². The fourth-order valence-corrected chi connectivity index (χ4v) is 0. The quantitative estimate of drug-likeness (QED) is 0.461. The smallest absolute Gasteiger partial charge is 0.512 e. The zero-order chi connectivity index (χ0) is 12.0. The second-order valence-electron chi connectivity index (χ2n) is 0. The van der Waals surface area contributed by atoms with Crippen LogP contribution in [0, 0.1) is 71.0 Å². The molecule has 0 unspecified atom stereocenters. The normalized spacial score (nSPS) is 0.800. The van der Waals surface area contributed by atoms with Crippen LogP contribution in [-0.4, -0.2) is 11.0 Å². The molecule has 0 aromatic rings. The Labute approximate surface area is 116 Å². The van der Waals surface area contributed by atoms with Gasteiger partial charge in [0, 0.05) is 0 Å². The zero-order valence-electron chi connectivity index (χ0n) is 6.84. The molecular weight excluding hydrogens is 304 g/mol. The van der Waals surface area contributed by atoms with Crippen molar-refractivity contribution in [1.82, 2.24) is 0 Å². The van der Waals surface area contributed by atoms with Crippen LogP contribution < -0.4 is 0 Å². The molecule has 0 aromatic carbocycles. The molecule has 0 atom stereocenters. The zero-order valence-corrected chi connectivity index (χ0v) is 9.88. The van der Waals surface area contributed by atoms with Crippen molar-refractivity contribution in [3.05, 3.63) is 39.4 Å². The van der Waals surface area contributed by atoms with E-state index < -0.39 is 0 Å². The van der Waals surface area contributed by atoms with Crippen LogP contribution >= 0.6 is 0 Å². The minimum Gasteiger partial charge on any atom is -0.512 e. The van der Waals surface area contributed by atoms with Crippen molar-refractivity contribution >= 4 is 11.0 Å². The minimum absolute atomic E-state index is 0. The van der Waals surface area contributed by atoms with E-state index in [9.17, 15) is 0 Å². The van der Waals surface area contributed by atoms with Crippen LogP contribution in [0.4, 0.5) is 0 Å². The average molecular weight is 304 g/mol. The van der Waals surface area contributed by atoms with E-state index in [1.54, 1.807) is 0 Å². The van der Waals surface area contributed by atoms with Crippen LogP contribution in [0.3, 0.4) is 0 Å². The van der Waals surface area contributed by atoms with Crippen molar-refractivity contribution in [2.75, 3.05) is 0 Å². The number of hydrogen-bond acceptors (Lipinski definition) is 6. The number of hydrogen-bond donors (Lipinski definition) is 0. The van der Waals surface area contributed by atoms with Crippen molar-refractivity contribution in [3.8, 4) is 0 Å². The third kappa shape index (κ3) is 390. The Kier molecular flexibility index (Phi) is 3490. The Morgan fingerprint density at radius 3 is 0.400 bits per heavy atom. The standard InChI is InChI=1S/6CN.Cu.Fe.Si/c6*1-2;;;/q6*-1;2*+2;+4. The van der Waals surface area contributed by atoms with Crippen LogP contribution in [0.25, 0.3) is 0 Å². The van der Waals surface area contributed by atoms with Crippen molar-refractivity contribution < 1.29 is 34.1 Å². The molecule has 0 amide bonds. The molecule has 9 heteroatoms. The number of nitrogens with zero attached hydrogens (tertiary/aromatic N) is 6. The largest absolute Gasteiger partial charge is 4.00 e. The van der Waals surface area contributed by atoms with Gasteiger partial charge in [0.15, 0.2) is 0 Å².